The molecule has 1 aromatic carbocycles. The summed E-state index contributed by atoms with van der Waals surface area (Å²) >= 11 is 1.08. The van der Waals surface area contributed by atoms with Gasteiger partial charge in [0, 0.05) is 6.08 Å². The number of rotatable bonds is 6. The average Bonchev–Trinajstić information content (AvgIpc) is 2.92. The van der Waals surface area contributed by atoms with E-state index in [0.29, 0.717) is 15.7 Å². The molecule has 2 aromatic rings. The van der Waals surface area contributed by atoms with Gasteiger partial charge >= 0.3 is 5.97 Å². The van der Waals surface area contributed by atoms with Crippen molar-refractivity contribution in [3.05, 3.63) is 65.2 Å². The van der Waals surface area contributed by atoms with Crippen LogP contribution in [0.5, 0.6) is 0 Å². The first-order valence-corrected chi connectivity index (χ1v) is 7.71. The summed E-state index contributed by atoms with van der Waals surface area (Å²) in [5.41, 5.74) is 1.44. The molecule has 0 saturated carbocycles. The van der Waals surface area contributed by atoms with Gasteiger partial charge in [-0.1, -0.05) is 54.3 Å². The normalized spacial score (nSPS) is 10.5. The van der Waals surface area contributed by atoms with Crippen molar-refractivity contribution in [2.24, 2.45) is 0 Å². The van der Waals surface area contributed by atoms with Gasteiger partial charge in [-0.3, -0.25) is 10.1 Å². The van der Waals surface area contributed by atoms with Gasteiger partial charge in [0.2, 0.25) is 5.91 Å². The van der Waals surface area contributed by atoms with Crippen molar-refractivity contribution in [3.8, 4) is 0 Å². The first-order valence-electron chi connectivity index (χ1n) is 6.89. The molecule has 5 nitrogen and oxygen atoms in total. The molecule has 1 N–H and O–H groups in total. The third-order valence-corrected chi connectivity index (χ3v) is 3.82. The number of amides is 1. The highest BCUT2D eigenvalue weighted by atomic mass is 32.1. The highest BCUT2D eigenvalue weighted by Crippen LogP contribution is 2.23. The number of benzene rings is 1. The molecule has 0 aliphatic rings. The molecule has 1 amide bonds. The maximum absolute atomic E-state index is 11.9. The molecule has 0 saturated heterocycles. The number of hydrogen-bond acceptors (Lipinski definition) is 5. The van der Waals surface area contributed by atoms with Crippen molar-refractivity contribution in [2.75, 3.05) is 11.9 Å². The van der Waals surface area contributed by atoms with Crippen LogP contribution in [0.4, 0.5) is 5.13 Å². The lowest BCUT2D eigenvalue weighted by atomic mass is 10.2. The number of esters is 1. The van der Waals surface area contributed by atoms with Crippen molar-refractivity contribution in [1.29, 1.82) is 0 Å². The summed E-state index contributed by atoms with van der Waals surface area (Å²) in [5.74, 6) is -0.783. The number of hydrogen-bond donors (Lipinski definition) is 1. The van der Waals surface area contributed by atoms with E-state index in [2.05, 4.69) is 16.9 Å². The minimum absolute atomic E-state index is 0.137. The Hall–Kier alpha value is -2.73. The van der Waals surface area contributed by atoms with E-state index in [1.807, 2.05) is 30.3 Å². The van der Waals surface area contributed by atoms with Crippen LogP contribution >= 0.6 is 11.3 Å². The van der Waals surface area contributed by atoms with E-state index in [-0.39, 0.29) is 12.5 Å². The van der Waals surface area contributed by atoms with Gasteiger partial charge in [-0.2, -0.15) is 0 Å². The summed E-state index contributed by atoms with van der Waals surface area (Å²) in [6.07, 6.45) is 4.61. The van der Waals surface area contributed by atoms with Crippen LogP contribution in [0.2, 0.25) is 0 Å². The van der Waals surface area contributed by atoms with Crippen LogP contribution in [0, 0.1) is 6.92 Å². The molecular weight excluding hydrogens is 312 g/mol. The quantitative estimate of drug-likeness (QED) is 0.501. The van der Waals surface area contributed by atoms with E-state index in [1.54, 1.807) is 13.0 Å². The lowest BCUT2D eigenvalue weighted by Crippen LogP contribution is -2.07. The summed E-state index contributed by atoms with van der Waals surface area (Å²) in [4.78, 5) is 28.2. The number of anilines is 1. The van der Waals surface area contributed by atoms with Gasteiger partial charge in [0.15, 0.2) is 5.13 Å². The lowest BCUT2D eigenvalue weighted by Gasteiger charge is -1.98. The zero-order valence-electron chi connectivity index (χ0n) is 12.6. The van der Waals surface area contributed by atoms with E-state index in [1.165, 1.54) is 12.2 Å². The molecule has 0 aliphatic heterocycles. The van der Waals surface area contributed by atoms with Gasteiger partial charge in [0.05, 0.1) is 5.69 Å². The molecule has 1 aromatic heterocycles. The van der Waals surface area contributed by atoms with Crippen LogP contribution in [0.3, 0.4) is 0 Å². The van der Waals surface area contributed by atoms with E-state index < -0.39 is 5.97 Å². The molecule has 6 heteroatoms. The molecule has 0 aliphatic carbocycles. The van der Waals surface area contributed by atoms with E-state index in [4.69, 9.17) is 4.74 Å². The van der Waals surface area contributed by atoms with Crippen molar-refractivity contribution >= 4 is 34.4 Å². The maximum Gasteiger partial charge on any atom is 0.350 e. The Morgan fingerprint density at radius 1 is 1.35 bits per heavy atom. The largest absolute Gasteiger partial charge is 0.457 e. The summed E-state index contributed by atoms with van der Waals surface area (Å²) in [6.45, 7) is 5.31. The van der Waals surface area contributed by atoms with Crippen molar-refractivity contribution < 1.29 is 14.3 Å². The van der Waals surface area contributed by atoms with Crippen molar-refractivity contribution in [3.63, 3.8) is 0 Å². The Morgan fingerprint density at radius 3 is 2.78 bits per heavy atom. The number of carbonyl (C=O) groups excluding carboxylic acids is 2. The molecule has 0 fully saturated rings. The number of aryl methyl sites for hydroxylation is 1. The zero-order valence-corrected chi connectivity index (χ0v) is 13.4. The highest BCUT2D eigenvalue weighted by Gasteiger charge is 2.17. The molecular formula is C17H16N2O3S. The van der Waals surface area contributed by atoms with E-state index in [0.717, 1.165) is 16.9 Å². The highest BCUT2D eigenvalue weighted by molar-refractivity contribution is 7.17. The Bertz CT molecular complexity index is 736. The van der Waals surface area contributed by atoms with E-state index in [9.17, 15) is 9.59 Å². The third kappa shape index (κ3) is 4.89. The Morgan fingerprint density at radius 2 is 2.09 bits per heavy atom. The van der Waals surface area contributed by atoms with Crippen molar-refractivity contribution in [2.45, 2.75) is 6.92 Å². The van der Waals surface area contributed by atoms with Crippen LogP contribution in [0.1, 0.15) is 20.9 Å². The molecule has 0 unspecified atom stereocenters. The zero-order chi connectivity index (χ0) is 16.7. The second-order valence-electron chi connectivity index (χ2n) is 4.55. The van der Waals surface area contributed by atoms with E-state index >= 15 is 0 Å². The average molecular weight is 328 g/mol. The molecule has 0 radical (unpaired) electrons. The van der Waals surface area contributed by atoms with Gasteiger partial charge in [-0.05, 0) is 18.6 Å². The molecule has 23 heavy (non-hydrogen) atoms. The molecule has 0 atom stereocenters. The van der Waals surface area contributed by atoms with Gasteiger partial charge in [0.1, 0.15) is 11.5 Å². The number of nitrogens with zero attached hydrogens (tertiary/aromatic N) is 1. The molecule has 0 spiro atoms. The monoisotopic (exact) mass is 328 g/mol. The minimum atomic E-state index is -0.472. The first-order chi connectivity index (χ1) is 11.1. The summed E-state index contributed by atoms with van der Waals surface area (Å²) < 4.78 is 4.97. The second-order valence-corrected chi connectivity index (χ2v) is 5.55. The SMILES string of the molecule is C=CCOC(=O)c1sc(NC(=O)C=Cc2ccccc2)nc1C. The summed E-state index contributed by atoms with van der Waals surface area (Å²) in [6, 6.07) is 9.48. The summed E-state index contributed by atoms with van der Waals surface area (Å²) in [7, 11) is 0. The van der Waals surface area contributed by atoms with Crippen LogP contribution in [0.15, 0.2) is 49.1 Å². The van der Waals surface area contributed by atoms with Crippen LogP contribution < -0.4 is 5.32 Å². The van der Waals surface area contributed by atoms with Crippen LogP contribution in [0.25, 0.3) is 6.08 Å². The number of thiazole rings is 1. The van der Waals surface area contributed by atoms with Gasteiger partial charge in [-0.25, -0.2) is 9.78 Å². The number of aromatic nitrogens is 1. The smallest absolute Gasteiger partial charge is 0.350 e. The molecule has 0 bridgehead atoms. The fraction of sp³-hybridized carbons (Fsp3) is 0.118. The standard InChI is InChI=1S/C17H16N2O3S/c1-3-11-22-16(21)15-12(2)18-17(23-15)19-14(20)10-9-13-7-5-4-6-8-13/h3-10H,1,11H2,2H3,(H,18,19,20). The number of nitrogens with one attached hydrogen (secondary N) is 1. The Labute approximate surface area is 138 Å². The van der Waals surface area contributed by atoms with Gasteiger partial charge in [0.25, 0.3) is 0 Å². The molecule has 2 rings (SSSR count). The predicted octanol–water partition coefficient (Wildman–Crippen LogP) is 3.45. The van der Waals surface area contributed by atoms with Gasteiger partial charge in [-0.15, -0.1) is 0 Å². The Kier molecular flexibility index (Phi) is 5.82. The summed E-state index contributed by atoms with van der Waals surface area (Å²) in [5, 5.41) is 3.00. The van der Waals surface area contributed by atoms with Crippen LogP contribution in [-0.4, -0.2) is 23.5 Å². The maximum atomic E-state index is 11.9. The number of carbonyl (C=O) groups is 2. The molecule has 1 heterocycles. The first kappa shape index (κ1) is 16.6. The van der Waals surface area contributed by atoms with Crippen LogP contribution in [-0.2, 0) is 9.53 Å². The third-order valence-electron chi connectivity index (χ3n) is 2.77. The minimum Gasteiger partial charge on any atom is -0.457 e. The van der Waals surface area contributed by atoms with Crippen molar-refractivity contribution in [1.82, 2.24) is 4.98 Å². The lowest BCUT2D eigenvalue weighted by molar-refractivity contribution is -0.111. The topological polar surface area (TPSA) is 68.3 Å². The fourth-order valence-electron chi connectivity index (χ4n) is 1.72. The Balaban J connectivity index is 2.00. The predicted molar refractivity (Wildman–Crippen MR) is 91.4 cm³/mol. The van der Waals surface area contributed by atoms with Gasteiger partial charge < -0.3 is 4.74 Å². The molecule has 118 valence electrons. The second kappa shape index (κ2) is 8.05. The number of ether oxygens (including phenoxy) is 1. The fourth-order valence-corrected chi connectivity index (χ4v) is 2.59.